The molecule has 1 aliphatic heterocycles. The molecule has 0 bridgehead atoms. The molecule has 1 unspecified atom stereocenters. The molecular formula is C22H24F3N3. The van der Waals surface area contributed by atoms with E-state index in [0.717, 1.165) is 49.3 Å². The molecule has 1 aliphatic rings. The number of nitrogens with one attached hydrogen (secondary N) is 1. The Bertz CT molecular complexity index is 979. The van der Waals surface area contributed by atoms with Crippen LogP contribution in [-0.4, -0.2) is 16.1 Å². The molecule has 148 valence electrons. The Labute approximate surface area is 162 Å². The molecule has 3 nitrogen and oxygen atoms in total. The zero-order chi connectivity index (χ0) is 19.7. The van der Waals surface area contributed by atoms with Crippen LogP contribution in [0.3, 0.4) is 0 Å². The molecular weight excluding hydrogens is 363 g/mol. The van der Waals surface area contributed by atoms with Crippen LogP contribution >= 0.6 is 0 Å². The topological polar surface area (TPSA) is 29.9 Å². The molecule has 4 rings (SSSR count). The zero-order valence-electron chi connectivity index (χ0n) is 15.9. The average molecular weight is 387 g/mol. The molecule has 3 aromatic rings. The zero-order valence-corrected chi connectivity index (χ0v) is 15.9. The Morgan fingerprint density at radius 2 is 1.96 bits per heavy atom. The Morgan fingerprint density at radius 1 is 1.18 bits per heavy atom. The maximum atomic E-state index is 14.1. The lowest BCUT2D eigenvalue weighted by Crippen LogP contribution is -2.21. The van der Waals surface area contributed by atoms with E-state index in [0.29, 0.717) is 30.0 Å². The van der Waals surface area contributed by atoms with Gasteiger partial charge in [0, 0.05) is 18.2 Å². The molecule has 2 heterocycles. The first-order valence-electron chi connectivity index (χ1n) is 9.90. The lowest BCUT2D eigenvalue weighted by Gasteiger charge is -2.18. The fraction of sp³-hybridized carbons (Fsp3) is 0.409. The van der Waals surface area contributed by atoms with E-state index >= 15 is 0 Å². The SMILES string of the molecule is CCC(CCNCc1nc2cc(F)c(F)c3c2n1CCC3)c1ccc(F)cc1. The summed E-state index contributed by atoms with van der Waals surface area (Å²) in [6.45, 7) is 4.24. The van der Waals surface area contributed by atoms with Crippen molar-refractivity contribution in [2.24, 2.45) is 0 Å². The van der Waals surface area contributed by atoms with E-state index in [9.17, 15) is 13.2 Å². The molecule has 1 N–H and O–H groups in total. The third-order valence-electron chi connectivity index (χ3n) is 5.69. The minimum atomic E-state index is -0.821. The van der Waals surface area contributed by atoms with Crippen molar-refractivity contribution >= 4 is 11.0 Å². The van der Waals surface area contributed by atoms with E-state index in [2.05, 4.69) is 17.2 Å². The Morgan fingerprint density at radius 3 is 2.71 bits per heavy atom. The van der Waals surface area contributed by atoms with Gasteiger partial charge in [-0.15, -0.1) is 0 Å². The normalized spacial score (nSPS) is 14.6. The second-order valence-electron chi connectivity index (χ2n) is 7.42. The van der Waals surface area contributed by atoms with E-state index in [-0.39, 0.29) is 5.82 Å². The Kier molecular flexibility index (Phi) is 5.40. The first kappa shape index (κ1) is 19.0. The summed E-state index contributed by atoms with van der Waals surface area (Å²) in [6.07, 6.45) is 3.24. The van der Waals surface area contributed by atoms with Crippen molar-refractivity contribution in [1.29, 1.82) is 0 Å². The number of halogens is 3. The molecule has 1 atom stereocenters. The largest absolute Gasteiger partial charge is 0.327 e. The minimum Gasteiger partial charge on any atom is -0.327 e. The lowest BCUT2D eigenvalue weighted by molar-refractivity contribution is 0.488. The van der Waals surface area contributed by atoms with Crippen LogP contribution in [-0.2, 0) is 19.5 Å². The predicted molar refractivity (Wildman–Crippen MR) is 104 cm³/mol. The number of rotatable bonds is 7. The summed E-state index contributed by atoms with van der Waals surface area (Å²) >= 11 is 0. The van der Waals surface area contributed by atoms with Crippen molar-refractivity contribution in [3.8, 4) is 0 Å². The number of imidazole rings is 1. The van der Waals surface area contributed by atoms with Crippen molar-refractivity contribution < 1.29 is 13.2 Å². The smallest absolute Gasteiger partial charge is 0.164 e. The number of nitrogens with zero attached hydrogens (tertiary/aromatic N) is 2. The molecule has 0 radical (unpaired) electrons. The quantitative estimate of drug-likeness (QED) is 0.574. The second-order valence-corrected chi connectivity index (χ2v) is 7.42. The predicted octanol–water partition coefficient (Wildman–Crippen LogP) is 5.07. The third kappa shape index (κ3) is 3.53. The van der Waals surface area contributed by atoms with E-state index in [1.165, 1.54) is 18.2 Å². The summed E-state index contributed by atoms with van der Waals surface area (Å²) in [5.74, 6) is -0.600. The van der Waals surface area contributed by atoms with Gasteiger partial charge in [-0.3, -0.25) is 0 Å². The van der Waals surface area contributed by atoms with Crippen LogP contribution in [0.5, 0.6) is 0 Å². The first-order chi connectivity index (χ1) is 13.6. The maximum Gasteiger partial charge on any atom is 0.164 e. The minimum absolute atomic E-state index is 0.218. The van der Waals surface area contributed by atoms with Gasteiger partial charge >= 0.3 is 0 Å². The Hall–Kier alpha value is -2.34. The number of benzene rings is 2. The van der Waals surface area contributed by atoms with Gasteiger partial charge in [0.25, 0.3) is 0 Å². The van der Waals surface area contributed by atoms with E-state index in [1.54, 1.807) is 0 Å². The molecule has 0 aliphatic carbocycles. The standard InChI is InChI=1S/C22H24F3N3/c1-2-14(15-5-7-16(23)8-6-15)9-10-26-13-20-27-19-12-18(24)21(25)17-4-3-11-28(20)22(17)19/h5-8,12,14,26H,2-4,9-11,13H2,1H3. The molecule has 28 heavy (non-hydrogen) atoms. The summed E-state index contributed by atoms with van der Waals surface area (Å²) in [5.41, 5.74) is 2.85. The molecule has 0 saturated carbocycles. The highest BCUT2D eigenvalue weighted by Gasteiger charge is 2.23. The van der Waals surface area contributed by atoms with Gasteiger partial charge in [-0.2, -0.15) is 0 Å². The number of hydrogen-bond donors (Lipinski definition) is 1. The number of aryl methyl sites for hydroxylation is 2. The van der Waals surface area contributed by atoms with Gasteiger partial charge in [0.05, 0.1) is 17.6 Å². The highest BCUT2D eigenvalue weighted by molar-refractivity contribution is 5.80. The fourth-order valence-electron chi connectivity index (χ4n) is 4.21. The van der Waals surface area contributed by atoms with Crippen LogP contribution in [0, 0.1) is 17.5 Å². The highest BCUT2D eigenvalue weighted by Crippen LogP contribution is 2.30. The monoisotopic (exact) mass is 387 g/mol. The lowest BCUT2D eigenvalue weighted by atomic mass is 9.93. The van der Waals surface area contributed by atoms with Crippen LogP contribution in [0.15, 0.2) is 30.3 Å². The van der Waals surface area contributed by atoms with E-state index in [1.807, 2.05) is 16.7 Å². The van der Waals surface area contributed by atoms with Crippen molar-refractivity contribution in [1.82, 2.24) is 14.9 Å². The molecule has 0 spiro atoms. The maximum absolute atomic E-state index is 14.1. The van der Waals surface area contributed by atoms with E-state index in [4.69, 9.17) is 0 Å². The van der Waals surface area contributed by atoms with Gasteiger partial charge in [-0.05, 0) is 55.8 Å². The molecule has 1 aromatic heterocycles. The van der Waals surface area contributed by atoms with Gasteiger partial charge in [0.1, 0.15) is 11.6 Å². The molecule has 0 fully saturated rings. The van der Waals surface area contributed by atoms with Crippen LogP contribution in [0.4, 0.5) is 13.2 Å². The van der Waals surface area contributed by atoms with Gasteiger partial charge in [0.2, 0.25) is 0 Å². The average Bonchev–Trinajstić information content (AvgIpc) is 3.05. The van der Waals surface area contributed by atoms with Gasteiger partial charge in [0.15, 0.2) is 11.6 Å². The summed E-state index contributed by atoms with van der Waals surface area (Å²) in [6, 6.07) is 7.89. The summed E-state index contributed by atoms with van der Waals surface area (Å²) in [4.78, 5) is 4.54. The highest BCUT2D eigenvalue weighted by atomic mass is 19.2. The van der Waals surface area contributed by atoms with Gasteiger partial charge < -0.3 is 9.88 Å². The molecule has 0 saturated heterocycles. The Balaban J connectivity index is 1.43. The van der Waals surface area contributed by atoms with Crippen LogP contribution in [0.25, 0.3) is 11.0 Å². The van der Waals surface area contributed by atoms with Crippen molar-refractivity contribution in [3.63, 3.8) is 0 Å². The first-order valence-corrected chi connectivity index (χ1v) is 9.90. The van der Waals surface area contributed by atoms with E-state index < -0.39 is 11.6 Å². The number of aromatic nitrogens is 2. The molecule has 6 heteroatoms. The van der Waals surface area contributed by atoms with Crippen LogP contribution in [0.1, 0.15) is 49.1 Å². The third-order valence-corrected chi connectivity index (χ3v) is 5.69. The summed E-state index contributed by atoms with van der Waals surface area (Å²) in [5, 5.41) is 3.41. The summed E-state index contributed by atoms with van der Waals surface area (Å²) in [7, 11) is 0. The van der Waals surface area contributed by atoms with Crippen LogP contribution in [0.2, 0.25) is 0 Å². The molecule has 2 aromatic carbocycles. The number of hydrogen-bond acceptors (Lipinski definition) is 2. The van der Waals surface area contributed by atoms with Crippen molar-refractivity contribution in [2.75, 3.05) is 6.54 Å². The molecule has 0 amide bonds. The second kappa shape index (κ2) is 7.95. The fourth-order valence-corrected chi connectivity index (χ4v) is 4.21. The van der Waals surface area contributed by atoms with Gasteiger partial charge in [-0.1, -0.05) is 19.1 Å². The van der Waals surface area contributed by atoms with Crippen molar-refractivity contribution in [2.45, 2.75) is 51.6 Å². The van der Waals surface area contributed by atoms with Crippen LogP contribution < -0.4 is 5.32 Å². The summed E-state index contributed by atoms with van der Waals surface area (Å²) < 4.78 is 43.1. The van der Waals surface area contributed by atoms with Crippen molar-refractivity contribution in [3.05, 3.63) is 64.7 Å². The van der Waals surface area contributed by atoms with Gasteiger partial charge in [-0.25, -0.2) is 18.2 Å².